The van der Waals surface area contributed by atoms with Crippen molar-refractivity contribution >= 4 is 55.0 Å². The Morgan fingerprint density at radius 2 is 0.925 bits per heavy atom. The van der Waals surface area contributed by atoms with E-state index in [9.17, 15) is 26.4 Å². The average Bonchev–Trinajstić information content (AvgIpc) is 2.85. The largest absolute Gasteiger partial charge is 0.382 e. The van der Waals surface area contributed by atoms with E-state index in [-0.39, 0.29) is 23.0 Å². The van der Waals surface area contributed by atoms with Crippen molar-refractivity contribution in [3.8, 4) is 11.5 Å². The highest BCUT2D eigenvalue weighted by molar-refractivity contribution is 7.87. The van der Waals surface area contributed by atoms with Gasteiger partial charge in [-0.05, 0) is 61.4 Å². The molecule has 0 bridgehead atoms. The predicted octanol–water partition coefficient (Wildman–Crippen LogP) is 5.21. The zero-order valence-electron chi connectivity index (χ0n) is 21.8. The van der Waals surface area contributed by atoms with Gasteiger partial charge in [0.1, 0.15) is 11.5 Å². The molecule has 4 amide bonds. The first kappa shape index (κ1) is 30.2. The third-order valence-corrected chi connectivity index (χ3v) is 7.65. The number of carbonyl (C=O) groups excluding carboxylic acids is 2. The number of nitrogens with one attached hydrogen (secondary N) is 4. The molecule has 0 fully saturated rings. The van der Waals surface area contributed by atoms with Crippen molar-refractivity contribution in [2.45, 2.75) is 26.7 Å². The molecule has 0 aliphatic heterocycles. The highest BCUT2D eigenvalue weighted by Crippen LogP contribution is 2.22. The third kappa shape index (κ3) is 10.1. The van der Waals surface area contributed by atoms with Gasteiger partial charge in [-0.3, -0.25) is 0 Å². The molecule has 0 saturated heterocycles. The lowest BCUT2D eigenvalue weighted by Gasteiger charge is -2.11. The summed E-state index contributed by atoms with van der Waals surface area (Å²) in [7, 11) is -7.42. The fourth-order valence-corrected chi connectivity index (χ4v) is 5.31. The molecule has 3 aromatic carbocycles. The summed E-state index contributed by atoms with van der Waals surface area (Å²) in [4.78, 5) is 24.8. The number of amides is 4. The van der Waals surface area contributed by atoms with Crippen LogP contribution in [-0.4, -0.2) is 40.4 Å². The van der Waals surface area contributed by atoms with Crippen molar-refractivity contribution < 1.29 is 34.8 Å². The van der Waals surface area contributed by atoms with Gasteiger partial charge in [-0.2, -0.15) is 16.8 Å². The molecule has 0 aliphatic carbocycles. The van der Waals surface area contributed by atoms with E-state index in [1.54, 1.807) is 62.4 Å². The van der Waals surface area contributed by atoms with Gasteiger partial charge < -0.3 is 29.6 Å². The Kier molecular flexibility index (Phi) is 10.3. The van der Waals surface area contributed by atoms with Gasteiger partial charge in [-0.15, -0.1) is 0 Å². The van der Waals surface area contributed by atoms with Crippen molar-refractivity contribution in [1.29, 1.82) is 0 Å². The maximum atomic E-state index is 12.4. The van der Waals surface area contributed by atoms with Crippen LogP contribution in [0.4, 0.5) is 32.3 Å². The maximum Gasteiger partial charge on any atom is 0.323 e. The first-order valence-electron chi connectivity index (χ1n) is 12.3. The number of urea groups is 2. The van der Waals surface area contributed by atoms with Crippen molar-refractivity contribution in [3.05, 3.63) is 72.8 Å². The molecule has 0 spiro atoms. The highest BCUT2D eigenvalue weighted by Gasteiger charge is 2.13. The number of carbonyl (C=O) groups is 2. The highest BCUT2D eigenvalue weighted by atomic mass is 32.2. The van der Waals surface area contributed by atoms with Crippen molar-refractivity contribution in [2.24, 2.45) is 0 Å². The normalized spacial score (nSPS) is 11.2. The van der Waals surface area contributed by atoms with Gasteiger partial charge >= 0.3 is 32.3 Å². The van der Waals surface area contributed by atoms with Crippen LogP contribution in [0.15, 0.2) is 72.8 Å². The zero-order valence-corrected chi connectivity index (χ0v) is 23.5. The predicted molar refractivity (Wildman–Crippen MR) is 154 cm³/mol. The van der Waals surface area contributed by atoms with Crippen LogP contribution in [-0.2, 0) is 20.2 Å². The Bertz CT molecular complexity index is 1430. The summed E-state index contributed by atoms with van der Waals surface area (Å²) in [6.07, 6.45) is 0.830. The second kappa shape index (κ2) is 13.7. The molecule has 0 radical (unpaired) electrons. The molecule has 0 aromatic heterocycles. The summed E-state index contributed by atoms with van der Waals surface area (Å²) < 4.78 is 57.5. The van der Waals surface area contributed by atoms with E-state index < -0.39 is 32.3 Å². The topological polar surface area (TPSA) is 169 Å². The summed E-state index contributed by atoms with van der Waals surface area (Å²) in [5.74, 6) is -0.0714. The Balaban J connectivity index is 1.52. The monoisotopic (exact) mass is 590 g/mol. The molecule has 0 atom stereocenters. The Morgan fingerprint density at radius 3 is 1.27 bits per heavy atom. The second-order valence-electron chi connectivity index (χ2n) is 8.48. The summed E-state index contributed by atoms with van der Waals surface area (Å²) in [5, 5.41) is 10.5. The van der Waals surface area contributed by atoms with Gasteiger partial charge in [0.15, 0.2) is 0 Å². The average molecular weight is 591 g/mol. The summed E-state index contributed by atoms with van der Waals surface area (Å²) in [6, 6.07) is 17.1. The van der Waals surface area contributed by atoms with Crippen molar-refractivity contribution in [2.75, 3.05) is 32.8 Å². The third-order valence-electron chi connectivity index (χ3n) is 4.94. The summed E-state index contributed by atoms with van der Waals surface area (Å²) in [6.45, 7) is 3.45. The van der Waals surface area contributed by atoms with E-state index in [2.05, 4.69) is 21.3 Å². The minimum atomic E-state index is -3.71. The lowest BCUT2D eigenvalue weighted by molar-refractivity contribution is 0.261. The van der Waals surface area contributed by atoms with Crippen LogP contribution >= 0.6 is 0 Å². The Hall–Kier alpha value is -4.30. The molecule has 14 heteroatoms. The molecule has 3 rings (SSSR count). The summed E-state index contributed by atoms with van der Waals surface area (Å²) in [5.41, 5.74) is 1.52. The molecular weight excluding hydrogens is 560 g/mol. The van der Waals surface area contributed by atoms with E-state index in [0.29, 0.717) is 35.6 Å². The number of anilines is 4. The maximum absolute atomic E-state index is 12.4. The van der Waals surface area contributed by atoms with Gasteiger partial charge in [-0.1, -0.05) is 26.0 Å². The van der Waals surface area contributed by atoms with Gasteiger partial charge in [0.2, 0.25) is 0 Å². The van der Waals surface area contributed by atoms with Crippen LogP contribution in [0.1, 0.15) is 26.7 Å². The molecule has 3 aromatic rings. The Morgan fingerprint density at radius 1 is 0.575 bits per heavy atom. The standard InChI is InChI=1S/C26H30N4O8S2/c1-3-15-39(33,34)37-23-9-5-7-21(17-23)29-25(31)27-19-11-13-20(14-12-19)28-26(32)30-22-8-6-10-24(18-22)38-40(35,36)16-4-2/h5-14,17-18H,3-4,15-16H2,1-2H3,(H2,27,29,31)(H2,28,30,32). The van der Waals surface area contributed by atoms with Crippen LogP contribution in [0.2, 0.25) is 0 Å². The second-order valence-corrected chi connectivity index (χ2v) is 11.9. The molecule has 0 heterocycles. The van der Waals surface area contributed by atoms with Gasteiger partial charge in [0, 0.05) is 34.9 Å². The van der Waals surface area contributed by atoms with E-state index in [0.717, 1.165) is 0 Å². The quantitative estimate of drug-likeness (QED) is 0.208. The molecular formula is C26H30N4O8S2. The minimum Gasteiger partial charge on any atom is -0.382 e. The first-order valence-corrected chi connectivity index (χ1v) is 15.4. The van der Waals surface area contributed by atoms with Gasteiger partial charge in [-0.25, -0.2) is 9.59 Å². The van der Waals surface area contributed by atoms with E-state index in [1.807, 2.05) is 0 Å². The molecule has 40 heavy (non-hydrogen) atoms. The number of benzene rings is 3. The van der Waals surface area contributed by atoms with Gasteiger partial charge in [0.05, 0.1) is 11.5 Å². The SMILES string of the molecule is CCCS(=O)(=O)Oc1cccc(NC(=O)Nc2ccc(NC(=O)Nc3cccc(OS(=O)(=O)CCC)c3)cc2)c1. The molecule has 12 nitrogen and oxygen atoms in total. The zero-order chi connectivity index (χ0) is 29.2. The van der Waals surface area contributed by atoms with Crippen LogP contribution < -0.4 is 29.6 Å². The number of rotatable bonds is 12. The van der Waals surface area contributed by atoms with E-state index in [4.69, 9.17) is 8.37 Å². The van der Waals surface area contributed by atoms with Crippen LogP contribution in [0, 0.1) is 0 Å². The molecule has 0 unspecified atom stereocenters. The van der Waals surface area contributed by atoms with Gasteiger partial charge in [0.25, 0.3) is 0 Å². The minimum absolute atomic E-state index is 0.0840. The number of hydrogen-bond acceptors (Lipinski definition) is 8. The molecule has 0 saturated carbocycles. The first-order chi connectivity index (χ1) is 19.0. The molecule has 4 N–H and O–H groups in total. The van der Waals surface area contributed by atoms with Crippen molar-refractivity contribution in [3.63, 3.8) is 0 Å². The molecule has 214 valence electrons. The van der Waals surface area contributed by atoms with E-state index in [1.165, 1.54) is 24.3 Å². The fourth-order valence-electron chi connectivity index (χ4n) is 3.35. The van der Waals surface area contributed by atoms with Crippen LogP contribution in [0.25, 0.3) is 0 Å². The lowest BCUT2D eigenvalue weighted by Crippen LogP contribution is -2.20. The van der Waals surface area contributed by atoms with E-state index >= 15 is 0 Å². The lowest BCUT2D eigenvalue weighted by atomic mass is 10.2. The van der Waals surface area contributed by atoms with Crippen LogP contribution in [0.5, 0.6) is 11.5 Å². The smallest absolute Gasteiger partial charge is 0.323 e. The number of hydrogen-bond donors (Lipinski definition) is 4. The Labute approximate surface area is 233 Å². The van der Waals surface area contributed by atoms with Crippen LogP contribution in [0.3, 0.4) is 0 Å². The fraction of sp³-hybridized carbons (Fsp3) is 0.231. The summed E-state index contributed by atoms with van der Waals surface area (Å²) >= 11 is 0. The molecule has 0 aliphatic rings. The van der Waals surface area contributed by atoms with Crippen molar-refractivity contribution in [1.82, 2.24) is 0 Å².